The summed E-state index contributed by atoms with van der Waals surface area (Å²) in [7, 11) is 0. The second-order valence-corrected chi connectivity index (χ2v) is 5.25. The van der Waals surface area contributed by atoms with Crippen LogP contribution in [0.2, 0.25) is 5.15 Å². The average Bonchev–Trinajstić information content (AvgIpc) is 2.41. The van der Waals surface area contributed by atoms with E-state index in [0.717, 1.165) is 6.54 Å². The Kier molecular flexibility index (Phi) is 5.31. The van der Waals surface area contributed by atoms with Gasteiger partial charge in [0.15, 0.2) is 5.15 Å². The van der Waals surface area contributed by atoms with Crippen LogP contribution in [0.25, 0.3) is 0 Å². The minimum absolute atomic E-state index is 0.0291. The minimum Gasteiger partial charge on any atom is -0.374 e. The van der Waals surface area contributed by atoms with Gasteiger partial charge in [-0.05, 0) is 19.1 Å². The zero-order valence-electron chi connectivity index (χ0n) is 11.4. The number of carbonyl (C=O) groups is 1. The van der Waals surface area contributed by atoms with E-state index in [1.807, 2.05) is 11.8 Å². The van der Waals surface area contributed by atoms with E-state index < -0.39 is 0 Å². The van der Waals surface area contributed by atoms with E-state index in [1.54, 1.807) is 18.3 Å². The van der Waals surface area contributed by atoms with Gasteiger partial charge in [0.05, 0.1) is 24.9 Å². The number of anilines is 1. The third kappa shape index (κ3) is 4.14. The topological polar surface area (TPSA) is 80.5 Å². The summed E-state index contributed by atoms with van der Waals surface area (Å²) in [6.07, 6.45) is 1.55. The molecule has 6 nitrogen and oxygen atoms in total. The summed E-state index contributed by atoms with van der Waals surface area (Å²) in [5.41, 5.74) is 6.35. The largest absolute Gasteiger partial charge is 0.374 e. The Labute approximate surface area is 123 Å². The van der Waals surface area contributed by atoms with Gasteiger partial charge in [0.1, 0.15) is 0 Å². The van der Waals surface area contributed by atoms with Crippen molar-refractivity contribution in [1.82, 2.24) is 9.88 Å². The first-order valence-corrected chi connectivity index (χ1v) is 6.94. The quantitative estimate of drug-likeness (QED) is 0.801. The number of amides is 1. The van der Waals surface area contributed by atoms with E-state index >= 15 is 0 Å². The van der Waals surface area contributed by atoms with Gasteiger partial charge in [-0.2, -0.15) is 0 Å². The molecule has 7 heteroatoms. The molecule has 1 fully saturated rings. The van der Waals surface area contributed by atoms with Crippen LogP contribution < -0.4 is 11.1 Å². The second kappa shape index (κ2) is 6.99. The van der Waals surface area contributed by atoms with E-state index in [2.05, 4.69) is 10.3 Å². The fourth-order valence-electron chi connectivity index (χ4n) is 2.07. The molecule has 2 heterocycles. The van der Waals surface area contributed by atoms with Gasteiger partial charge in [-0.3, -0.25) is 9.69 Å². The highest BCUT2D eigenvalue weighted by atomic mass is 35.5. The van der Waals surface area contributed by atoms with Gasteiger partial charge in [-0.1, -0.05) is 11.6 Å². The molecule has 2 atom stereocenters. The number of rotatable bonds is 4. The SMILES string of the molecule is CC(N)C1CN(CC(=O)Nc2cccnc2Cl)CCO1. The molecule has 2 rings (SSSR count). The average molecular weight is 299 g/mol. The first-order valence-electron chi connectivity index (χ1n) is 6.56. The van der Waals surface area contributed by atoms with Crippen LogP contribution in [0.3, 0.4) is 0 Å². The number of hydrogen-bond donors (Lipinski definition) is 2. The Morgan fingerprint density at radius 1 is 1.75 bits per heavy atom. The monoisotopic (exact) mass is 298 g/mol. The number of nitrogens with one attached hydrogen (secondary N) is 1. The standard InChI is InChI=1S/C13H19ClN4O2/c1-9(15)11-7-18(5-6-20-11)8-12(19)17-10-3-2-4-16-13(10)14/h2-4,9,11H,5-8,15H2,1H3,(H,17,19). The Balaban J connectivity index is 1.87. The normalized spacial score (nSPS) is 21.4. The zero-order valence-corrected chi connectivity index (χ0v) is 12.1. The van der Waals surface area contributed by atoms with Crippen molar-refractivity contribution in [2.45, 2.75) is 19.1 Å². The van der Waals surface area contributed by atoms with Crippen LogP contribution in [-0.4, -0.2) is 54.2 Å². The molecule has 0 spiro atoms. The molecule has 2 unspecified atom stereocenters. The fraction of sp³-hybridized carbons (Fsp3) is 0.538. The Bertz CT molecular complexity index is 469. The Morgan fingerprint density at radius 3 is 3.25 bits per heavy atom. The minimum atomic E-state index is -0.120. The third-order valence-corrected chi connectivity index (χ3v) is 3.47. The van der Waals surface area contributed by atoms with E-state index in [-0.39, 0.29) is 29.8 Å². The molecular formula is C13H19ClN4O2. The molecule has 0 radical (unpaired) electrons. The fourth-order valence-corrected chi connectivity index (χ4v) is 2.23. The molecule has 1 aliphatic heterocycles. The Morgan fingerprint density at radius 2 is 2.55 bits per heavy atom. The number of aromatic nitrogens is 1. The first-order chi connectivity index (χ1) is 9.56. The van der Waals surface area contributed by atoms with Crippen LogP contribution >= 0.6 is 11.6 Å². The van der Waals surface area contributed by atoms with Gasteiger partial charge in [0.25, 0.3) is 0 Å². The number of pyridine rings is 1. The summed E-state index contributed by atoms with van der Waals surface area (Å²) in [6, 6.07) is 3.40. The van der Waals surface area contributed by atoms with Crippen molar-refractivity contribution in [3.05, 3.63) is 23.5 Å². The number of carbonyl (C=O) groups excluding carboxylic acids is 1. The predicted octanol–water partition coefficient (Wildman–Crippen LogP) is 0.722. The molecule has 1 aromatic heterocycles. The first kappa shape index (κ1) is 15.2. The van der Waals surface area contributed by atoms with Crippen molar-refractivity contribution in [3.8, 4) is 0 Å². The van der Waals surface area contributed by atoms with Gasteiger partial charge in [0, 0.05) is 25.3 Å². The lowest BCUT2D eigenvalue weighted by molar-refractivity contribution is -0.119. The molecule has 0 saturated carbocycles. The number of ether oxygens (including phenoxy) is 1. The van der Waals surface area contributed by atoms with Crippen molar-refractivity contribution in [2.75, 3.05) is 31.6 Å². The van der Waals surface area contributed by atoms with Crippen LogP contribution in [0.4, 0.5) is 5.69 Å². The summed E-state index contributed by atoms with van der Waals surface area (Å²) in [5.74, 6) is -0.120. The van der Waals surface area contributed by atoms with Gasteiger partial charge in [-0.25, -0.2) is 4.98 Å². The molecule has 20 heavy (non-hydrogen) atoms. The third-order valence-electron chi connectivity index (χ3n) is 3.16. The summed E-state index contributed by atoms with van der Waals surface area (Å²) < 4.78 is 5.56. The van der Waals surface area contributed by atoms with Crippen LogP contribution in [0.5, 0.6) is 0 Å². The predicted molar refractivity (Wildman–Crippen MR) is 77.7 cm³/mol. The summed E-state index contributed by atoms with van der Waals surface area (Å²) in [5, 5.41) is 3.04. The highest BCUT2D eigenvalue weighted by Gasteiger charge is 2.24. The van der Waals surface area contributed by atoms with Crippen molar-refractivity contribution in [1.29, 1.82) is 0 Å². The maximum Gasteiger partial charge on any atom is 0.238 e. The molecule has 1 saturated heterocycles. The van der Waals surface area contributed by atoms with Crippen molar-refractivity contribution in [3.63, 3.8) is 0 Å². The molecule has 3 N–H and O–H groups in total. The number of morpholine rings is 1. The highest BCUT2D eigenvalue weighted by molar-refractivity contribution is 6.32. The second-order valence-electron chi connectivity index (χ2n) is 4.89. The van der Waals surface area contributed by atoms with Crippen LogP contribution in [-0.2, 0) is 9.53 Å². The number of halogens is 1. The van der Waals surface area contributed by atoms with Crippen molar-refractivity contribution < 1.29 is 9.53 Å². The van der Waals surface area contributed by atoms with E-state index in [9.17, 15) is 4.79 Å². The van der Waals surface area contributed by atoms with Gasteiger partial charge < -0.3 is 15.8 Å². The highest BCUT2D eigenvalue weighted by Crippen LogP contribution is 2.17. The molecule has 0 bridgehead atoms. The zero-order chi connectivity index (χ0) is 14.5. The molecule has 0 aromatic carbocycles. The van der Waals surface area contributed by atoms with Crippen molar-refractivity contribution >= 4 is 23.2 Å². The van der Waals surface area contributed by atoms with E-state index in [1.165, 1.54) is 0 Å². The molecular weight excluding hydrogens is 280 g/mol. The lowest BCUT2D eigenvalue weighted by Gasteiger charge is -2.34. The number of nitrogens with two attached hydrogens (primary N) is 1. The Hall–Kier alpha value is -1.21. The maximum absolute atomic E-state index is 12.0. The van der Waals surface area contributed by atoms with Crippen LogP contribution in [0, 0.1) is 0 Å². The number of nitrogens with zero attached hydrogens (tertiary/aromatic N) is 2. The summed E-state index contributed by atoms with van der Waals surface area (Å²) in [4.78, 5) is 17.9. The lowest BCUT2D eigenvalue weighted by atomic mass is 10.1. The smallest absolute Gasteiger partial charge is 0.238 e. The summed E-state index contributed by atoms with van der Waals surface area (Å²) >= 11 is 5.90. The lowest BCUT2D eigenvalue weighted by Crippen LogP contribution is -2.51. The van der Waals surface area contributed by atoms with E-state index in [4.69, 9.17) is 22.1 Å². The molecule has 0 aliphatic carbocycles. The van der Waals surface area contributed by atoms with E-state index in [0.29, 0.717) is 18.8 Å². The van der Waals surface area contributed by atoms with Gasteiger partial charge in [0.2, 0.25) is 5.91 Å². The number of hydrogen-bond acceptors (Lipinski definition) is 5. The maximum atomic E-state index is 12.0. The van der Waals surface area contributed by atoms with Gasteiger partial charge >= 0.3 is 0 Å². The molecule has 1 aromatic rings. The summed E-state index contributed by atoms with van der Waals surface area (Å²) in [6.45, 7) is 4.16. The van der Waals surface area contributed by atoms with Crippen LogP contribution in [0.1, 0.15) is 6.92 Å². The molecule has 1 aliphatic rings. The van der Waals surface area contributed by atoms with Crippen LogP contribution in [0.15, 0.2) is 18.3 Å². The molecule has 1 amide bonds. The van der Waals surface area contributed by atoms with Crippen molar-refractivity contribution in [2.24, 2.45) is 5.73 Å². The van der Waals surface area contributed by atoms with Gasteiger partial charge in [-0.15, -0.1) is 0 Å². The molecule has 110 valence electrons.